The van der Waals surface area contributed by atoms with Crippen molar-refractivity contribution in [2.45, 2.75) is 5.38 Å². The summed E-state index contributed by atoms with van der Waals surface area (Å²) in [6.45, 7) is 0. The number of halogens is 4. The van der Waals surface area contributed by atoms with E-state index in [0.29, 0.717) is 0 Å². The lowest BCUT2D eigenvalue weighted by Gasteiger charge is -2.06. The number of alkyl halides is 1. The third kappa shape index (κ3) is 2.61. The zero-order chi connectivity index (χ0) is 11.0. The van der Waals surface area contributed by atoms with Gasteiger partial charge in [-0.25, -0.2) is 0 Å². The second-order valence-corrected chi connectivity index (χ2v) is 8.32. The Hall–Kier alpha value is 0.940. The van der Waals surface area contributed by atoms with E-state index in [4.69, 9.17) is 23.2 Å². The maximum atomic E-state index is 6.38. The molecule has 0 nitrogen and oxygen atoms in total. The Kier molecular flexibility index (Phi) is 4.19. The van der Waals surface area contributed by atoms with Crippen LogP contribution in [0.1, 0.15) is 15.8 Å². The van der Waals surface area contributed by atoms with Crippen molar-refractivity contribution in [3.05, 3.63) is 40.5 Å². The van der Waals surface area contributed by atoms with E-state index in [0.717, 1.165) is 23.0 Å². The molecule has 0 N–H and O–H groups in total. The van der Waals surface area contributed by atoms with Gasteiger partial charge in [-0.2, -0.15) is 0 Å². The SMILES string of the molecule is Clc1ccsc1C(Cl)c1cc(Br)sc1Br. The molecule has 80 valence electrons. The molecule has 6 heteroatoms. The number of rotatable bonds is 2. The first-order chi connectivity index (χ1) is 7.09. The van der Waals surface area contributed by atoms with Crippen LogP contribution in [-0.4, -0.2) is 0 Å². The fourth-order valence-electron chi connectivity index (χ4n) is 1.15. The molecule has 15 heavy (non-hydrogen) atoms. The van der Waals surface area contributed by atoms with Crippen molar-refractivity contribution in [1.29, 1.82) is 0 Å². The normalized spacial score (nSPS) is 13.1. The highest BCUT2D eigenvalue weighted by Gasteiger charge is 2.20. The van der Waals surface area contributed by atoms with Crippen molar-refractivity contribution >= 4 is 77.7 Å². The van der Waals surface area contributed by atoms with Crippen LogP contribution in [0, 0.1) is 0 Å². The molecule has 0 aliphatic carbocycles. The van der Waals surface area contributed by atoms with Gasteiger partial charge in [-0.15, -0.1) is 34.3 Å². The van der Waals surface area contributed by atoms with Gasteiger partial charge in [0.1, 0.15) is 0 Å². The predicted molar refractivity (Wildman–Crippen MR) is 76.7 cm³/mol. The minimum atomic E-state index is -0.186. The average Bonchev–Trinajstić information content (AvgIpc) is 2.71. The van der Waals surface area contributed by atoms with E-state index in [9.17, 15) is 0 Å². The molecular weight excluding hydrogens is 403 g/mol. The molecule has 0 fully saturated rings. The standard InChI is InChI=1S/C9H4Br2Cl2S2/c10-6-3-4(9(11)15-6)7(13)8-5(12)1-2-14-8/h1-3,7H. The quantitative estimate of drug-likeness (QED) is 0.512. The fourth-order valence-corrected chi connectivity index (χ4v) is 5.91. The maximum Gasteiger partial charge on any atom is 0.0962 e. The summed E-state index contributed by atoms with van der Waals surface area (Å²) in [5.41, 5.74) is 1.05. The molecule has 2 heterocycles. The van der Waals surface area contributed by atoms with Crippen LogP contribution >= 0.6 is 77.7 Å². The minimum absolute atomic E-state index is 0.186. The third-order valence-electron chi connectivity index (χ3n) is 1.83. The largest absolute Gasteiger partial charge is 0.145 e. The molecule has 0 spiro atoms. The summed E-state index contributed by atoms with van der Waals surface area (Å²) in [7, 11) is 0. The highest BCUT2D eigenvalue weighted by molar-refractivity contribution is 9.12. The summed E-state index contributed by atoms with van der Waals surface area (Å²) in [5.74, 6) is 0. The molecule has 1 unspecified atom stereocenters. The molecule has 2 aromatic heterocycles. The van der Waals surface area contributed by atoms with Gasteiger partial charge >= 0.3 is 0 Å². The van der Waals surface area contributed by atoms with Gasteiger partial charge in [-0.3, -0.25) is 0 Å². The molecule has 0 aliphatic rings. The maximum absolute atomic E-state index is 6.38. The Balaban J connectivity index is 2.40. The molecule has 0 amide bonds. The Morgan fingerprint density at radius 1 is 1.33 bits per heavy atom. The zero-order valence-electron chi connectivity index (χ0n) is 7.14. The summed E-state index contributed by atoms with van der Waals surface area (Å²) in [5, 5.41) is 2.49. The van der Waals surface area contributed by atoms with Gasteiger partial charge in [0.25, 0.3) is 0 Å². The predicted octanol–water partition coefficient (Wildman–Crippen LogP) is 6.32. The summed E-state index contributed by atoms with van der Waals surface area (Å²) in [6, 6.07) is 3.88. The highest BCUT2D eigenvalue weighted by Crippen LogP contribution is 2.44. The van der Waals surface area contributed by atoms with E-state index in [1.807, 2.05) is 17.5 Å². The number of thiophene rings is 2. The van der Waals surface area contributed by atoms with Crippen LogP contribution in [0.5, 0.6) is 0 Å². The van der Waals surface area contributed by atoms with Crippen LogP contribution in [0.15, 0.2) is 25.1 Å². The average molecular weight is 407 g/mol. The molecule has 0 aliphatic heterocycles. The topological polar surface area (TPSA) is 0 Å². The molecular formula is C9H4Br2Cl2S2. The van der Waals surface area contributed by atoms with Gasteiger partial charge in [0.05, 0.1) is 18.0 Å². The monoisotopic (exact) mass is 404 g/mol. The molecule has 2 aromatic rings. The Morgan fingerprint density at radius 3 is 2.53 bits per heavy atom. The van der Waals surface area contributed by atoms with E-state index < -0.39 is 0 Å². The third-order valence-corrected chi connectivity index (χ3v) is 6.22. The summed E-state index contributed by atoms with van der Waals surface area (Å²) < 4.78 is 2.10. The van der Waals surface area contributed by atoms with Crippen LogP contribution in [0.3, 0.4) is 0 Å². The van der Waals surface area contributed by atoms with Gasteiger partial charge in [0, 0.05) is 10.4 Å². The van der Waals surface area contributed by atoms with E-state index in [1.54, 1.807) is 22.7 Å². The van der Waals surface area contributed by atoms with Crippen LogP contribution in [0.4, 0.5) is 0 Å². The highest BCUT2D eigenvalue weighted by atomic mass is 79.9. The second-order valence-electron chi connectivity index (χ2n) is 2.77. The van der Waals surface area contributed by atoms with Crippen molar-refractivity contribution in [3.8, 4) is 0 Å². The lowest BCUT2D eigenvalue weighted by Crippen LogP contribution is -1.88. The van der Waals surface area contributed by atoms with Crippen LogP contribution in [0.25, 0.3) is 0 Å². The molecule has 0 radical (unpaired) electrons. The molecule has 1 atom stereocenters. The van der Waals surface area contributed by atoms with E-state index in [1.165, 1.54) is 0 Å². The lowest BCUT2D eigenvalue weighted by molar-refractivity contribution is 1.19. The first-order valence-electron chi connectivity index (χ1n) is 3.91. The second kappa shape index (κ2) is 5.07. The van der Waals surface area contributed by atoms with Gasteiger partial charge in [-0.1, -0.05) is 11.6 Å². The Labute approximate surface area is 122 Å². The smallest absolute Gasteiger partial charge is 0.0962 e. The van der Waals surface area contributed by atoms with Crippen LogP contribution < -0.4 is 0 Å². The van der Waals surface area contributed by atoms with Gasteiger partial charge < -0.3 is 0 Å². The first-order valence-corrected chi connectivity index (χ1v) is 8.01. The fraction of sp³-hybridized carbons (Fsp3) is 0.111. The van der Waals surface area contributed by atoms with Crippen molar-refractivity contribution in [3.63, 3.8) is 0 Å². The van der Waals surface area contributed by atoms with Crippen molar-refractivity contribution in [2.24, 2.45) is 0 Å². The van der Waals surface area contributed by atoms with Gasteiger partial charge in [0.15, 0.2) is 0 Å². The number of hydrogen-bond donors (Lipinski definition) is 0. The van der Waals surface area contributed by atoms with E-state index in [2.05, 4.69) is 31.9 Å². The van der Waals surface area contributed by atoms with Crippen molar-refractivity contribution in [1.82, 2.24) is 0 Å². The summed E-state index contributed by atoms with van der Waals surface area (Å²) in [4.78, 5) is 0.990. The van der Waals surface area contributed by atoms with Crippen LogP contribution in [-0.2, 0) is 0 Å². The summed E-state index contributed by atoms with van der Waals surface area (Å²) >= 11 is 22.5. The number of hydrogen-bond acceptors (Lipinski definition) is 2. The molecule has 0 saturated heterocycles. The van der Waals surface area contributed by atoms with Crippen molar-refractivity contribution in [2.75, 3.05) is 0 Å². The van der Waals surface area contributed by atoms with E-state index in [-0.39, 0.29) is 5.38 Å². The Bertz CT molecular complexity index is 478. The lowest BCUT2D eigenvalue weighted by atomic mass is 10.2. The molecule has 0 aromatic carbocycles. The first kappa shape index (κ1) is 12.4. The van der Waals surface area contributed by atoms with Crippen LogP contribution in [0.2, 0.25) is 5.02 Å². The molecule has 0 bridgehead atoms. The zero-order valence-corrected chi connectivity index (χ0v) is 13.5. The molecule has 2 rings (SSSR count). The van der Waals surface area contributed by atoms with Crippen molar-refractivity contribution < 1.29 is 0 Å². The van der Waals surface area contributed by atoms with Gasteiger partial charge in [-0.05, 0) is 49.4 Å². The van der Waals surface area contributed by atoms with E-state index >= 15 is 0 Å². The summed E-state index contributed by atoms with van der Waals surface area (Å²) in [6.07, 6.45) is 0. The minimum Gasteiger partial charge on any atom is -0.145 e. The van der Waals surface area contributed by atoms with Gasteiger partial charge in [0.2, 0.25) is 0 Å². The Morgan fingerprint density at radius 2 is 2.07 bits per heavy atom. The molecule has 0 saturated carbocycles.